The van der Waals surface area contributed by atoms with E-state index in [0.29, 0.717) is 19.0 Å². The van der Waals surface area contributed by atoms with E-state index in [1.165, 1.54) is 24.3 Å². The molecular weight excluding hydrogens is 380 g/mol. The van der Waals surface area contributed by atoms with Crippen LogP contribution in [0.3, 0.4) is 0 Å². The maximum absolute atomic E-state index is 12.6. The van der Waals surface area contributed by atoms with Gasteiger partial charge in [0, 0.05) is 26.6 Å². The molecule has 1 aliphatic rings. The summed E-state index contributed by atoms with van der Waals surface area (Å²) >= 11 is 0. The highest BCUT2D eigenvalue weighted by molar-refractivity contribution is 5.79. The van der Waals surface area contributed by atoms with Gasteiger partial charge < -0.3 is 24.8 Å². The number of fused-ring (bicyclic) bond motifs is 1. The molecule has 0 atom stereocenters. The minimum absolute atomic E-state index is 0.00494. The van der Waals surface area contributed by atoms with Gasteiger partial charge in [-0.15, -0.1) is 0 Å². The first-order valence-corrected chi connectivity index (χ1v) is 9.40. The smallest absolute Gasteiger partial charge is 0.387 e. The molecule has 3 rings (SSSR count). The van der Waals surface area contributed by atoms with Crippen molar-refractivity contribution in [2.75, 3.05) is 27.3 Å². The van der Waals surface area contributed by atoms with Crippen molar-refractivity contribution >= 4 is 5.96 Å². The normalized spacial score (nSPS) is 13.1. The predicted octanol–water partition coefficient (Wildman–Crippen LogP) is 3.14. The van der Waals surface area contributed by atoms with Crippen molar-refractivity contribution in [2.45, 2.75) is 26.0 Å². The average Bonchev–Trinajstić information content (AvgIpc) is 3.18. The quantitative estimate of drug-likeness (QED) is 0.522. The fraction of sp³-hybridized carbons (Fsp3) is 0.381. The number of rotatable bonds is 8. The van der Waals surface area contributed by atoms with Crippen LogP contribution in [0, 0.1) is 0 Å². The Balaban J connectivity index is 1.50. The lowest BCUT2D eigenvalue weighted by Crippen LogP contribution is -2.37. The summed E-state index contributed by atoms with van der Waals surface area (Å²) in [7, 11) is 3.09. The number of guanidine groups is 1. The first kappa shape index (κ1) is 20.7. The molecule has 0 radical (unpaired) electrons. The van der Waals surface area contributed by atoms with Crippen LogP contribution in [0.4, 0.5) is 8.78 Å². The molecule has 0 fully saturated rings. The van der Waals surface area contributed by atoms with Gasteiger partial charge in [0.2, 0.25) is 0 Å². The van der Waals surface area contributed by atoms with E-state index in [2.05, 4.69) is 32.5 Å². The lowest BCUT2D eigenvalue weighted by molar-refractivity contribution is -0.0512. The second-order valence-electron chi connectivity index (χ2n) is 6.51. The molecule has 8 heteroatoms. The standard InChI is InChI=1S/C21H25F2N3O3/c1-24-21(25-9-7-14-3-5-17-16(11-14)8-10-28-17)26-13-15-4-6-18(27-2)19(12-15)29-20(22)23/h3-6,11-12,20H,7-10,13H2,1-2H3,(H2,24,25,26). The summed E-state index contributed by atoms with van der Waals surface area (Å²) in [5.74, 6) is 1.87. The Labute approximate surface area is 168 Å². The summed E-state index contributed by atoms with van der Waals surface area (Å²) < 4.78 is 40.2. The molecule has 0 spiro atoms. The van der Waals surface area contributed by atoms with E-state index in [1.54, 1.807) is 19.2 Å². The van der Waals surface area contributed by atoms with Crippen molar-refractivity contribution in [3.05, 3.63) is 53.1 Å². The van der Waals surface area contributed by atoms with Crippen molar-refractivity contribution in [3.8, 4) is 17.2 Å². The van der Waals surface area contributed by atoms with Crippen LogP contribution in [0.25, 0.3) is 0 Å². The second-order valence-corrected chi connectivity index (χ2v) is 6.51. The van der Waals surface area contributed by atoms with Gasteiger partial charge in [0.05, 0.1) is 13.7 Å². The van der Waals surface area contributed by atoms with Crippen LogP contribution < -0.4 is 24.8 Å². The molecule has 156 valence electrons. The minimum Gasteiger partial charge on any atom is -0.493 e. The van der Waals surface area contributed by atoms with Crippen LogP contribution in [-0.2, 0) is 19.4 Å². The van der Waals surface area contributed by atoms with Gasteiger partial charge in [0.25, 0.3) is 0 Å². The third kappa shape index (κ3) is 5.73. The van der Waals surface area contributed by atoms with E-state index in [-0.39, 0.29) is 11.5 Å². The van der Waals surface area contributed by atoms with Crippen molar-refractivity contribution in [3.63, 3.8) is 0 Å². The Morgan fingerprint density at radius 1 is 1.14 bits per heavy atom. The van der Waals surface area contributed by atoms with Crippen molar-refractivity contribution in [1.82, 2.24) is 10.6 Å². The number of hydrogen-bond acceptors (Lipinski definition) is 4. The van der Waals surface area contributed by atoms with Gasteiger partial charge >= 0.3 is 6.61 Å². The predicted molar refractivity (Wildman–Crippen MR) is 107 cm³/mol. The summed E-state index contributed by atoms with van der Waals surface area (Å²) in [6, 6.07) is 11.2. The number of methoxy groups -OCH3 is 1. The van der Waals surface area contributed by atoms with Gasteiger partial charge in [-0.3, -0.25) is 4.99 Å². The van der Waals surface area contributed by atoms with E-state index < -0.39 is 6.61 Å². The van der Waals surface area contributed by atoms with Crippen LogP contribution >= 0.6 is 0 Å². The Kier molecular flexibility index (Phi) is 7.10. The maximum atomic E-state index is 12.6. The van der Waals surface area contributed by atoms with Crippen LogP contribution in [0.5, 0.6) is 17.2 Å². The second kappa shape index (κ2) is 9.95. The Hall–Kier alpha value is -3.03. The highest BCUT2D eigenvalue weighted by Crippen LogP contribution is 2.29. The number of alkyl halides is 2. The van der Waals surface area contributed by atoms with Crippen LogP contribution in [0.1, 0.15) is 16.7 Å². The number of aliphatic imine (C=N–C) groups is 1. The molecule has 29 heavy (non-hydrogen) atoms. The molecular formula is C21H25F2N3O3. The third-order valence-corrected chi connectivity index (χ3v) is 4.59. The van der Waals surface area contributed by atoms with Gasteiger partial charge in [-0.25, -0.2) is 0 Å². The number of nitrogens with zero attached hydrogens (tertiary/aromatic N) is 1. The number of halogens is 2. The van der Waals surface area contributed by atoms with Crippen LogP contribution in [-0.4, -0.2) is 39.9 Å². The molecule has 0 unspecified atom stereocenters. The topological polar surface area (TPSA) is 64.1 Å². The SMILES string of the molecule is CN=C(NCCc1ccc2c(c1)CCO2)NCc1ccc(OC)c(OC(F)F)c1. The first-order chi connectivity index (χ1) is 14.1. The fourth-order valence-electron chi connectivity index (χ4n) is 3.15. The molecule has 2 aromatic carbocycles. The van der Waals surface area contributed by atoms with E-state index in [4.69, 9.17) is 9.47 Å². The Morgan fingerprint density at radius 3 is 2.72 bits per heavy atom. The first-order valence-electron chi connectivity index (χ1n) is 9.40. The number of nitrogens with one attached hydrogen (secondary N) is 2. The molecule has 6 nitrogen and oxygen atoms in total. The molecule has 0 aromatic heterocycles. The summed E-state index contributed by atoms with van der Waals surface area (Å²) in [6.07, 6.45) is 1.81. The molecule has 0 bridgehead atoms. The van der Waals surface area contributed by atoms with Gasteiger partial charge in [0.15, 0.2) is 17.5 Å². The zero-order valence-electron chi connectivity index (χ0n) is 16.5. The maximum Gasteiger partial charge on any atom is 0.387 e. The van der Waals surface area contributed by atoms with Crippen molar-refractivity contribution in [1.29, 1.82) is 0 Å². The summed E-state index contributed by atoms with van der Waals surface area (Å²) in [5.41, 5.74) is 3.26. The van der Waals surface area contributed by atoms with Gasteiger partial charge in [-0.05, 0) is 41.3 Å². The Bertz CT molecular complexity index is 859. The minimum atomic E-state index is -2.91. The number of hydrogen-bond donors (Lipinski definition) is 2. The molecule has 0 saturated heterocycles. The average molecular weight is 405 g/mol. The molecule has 1 heterocycles. The number of ether oxygens (including phenoxy) is 3. The van der Waals surface area contributed by atoms with Gasteiger partial charge in [-0.1, -0.05) is 18.2 Å². The van der Waals surface area contributed by atoms with E-state index in [0.717, 1.165) is 30.8 Å². The lowest BCUT2D eigenvalue weighted by Gasteiger charge is -2.14. The summed E-state index contributed by atoms with van der Waals surface area (Å²) in [4.78, 5) is 4.20. The van der Waals surface area contributed by atoms with Crippen molar-refractivity contribution in [2.24, 2.45) is 4.99 Å². The van der Waals surface area contributed by atoms with Crippen LogP contribution in [0.2, 0.25) is 0 Å². The van der Waals surface area contributed by atoms with Gasteiger partial charge in [0.1, 0.15) is 5.75 Å². The molecule has 2 N–H and O–H groups in total. The van der Waals surface area contributed by atoms with E-state index in [1.807, 2.05) is 6.07 Å². The Morgan fingerprint density at radius 2 is 1.97 bits per heavy atom. The molecule has 0 aliphatic carbocycles. The van der Waals surface area contributed by atoms with Gasteiger partial charge in [-0.2, -0.15) is 8.78 Å². The zero-order chi connectivity index (χ0) is 20.6. The number of benzene rings is 2. The van der Waals surface area contributed by atoms with E-state index >= 15 is 0 Å². The highest BCUT2D eigenvalue weighted by atomic mass is 19.3. The molecule has 0 saturated carbocycles. The monoisotopic (exact) mass is 405 g/mol. The highest BCUT2D eigenvalue weighted by Gasteiger charge is 2.13. The summed E-state index contributed by atoms with van der Waals surface area (Å²) in [5, 5.41) is 6.42. The van der Waals surface area contributed by atoms with Crippen molar-refractivity contribution < 1.29 is 23.0 Å². The fourth-order valence-corrected chi connectivity index (χ4v) is 3.15. The summed E-state index contributed by atoms with van der Waals surface area (Å²) in [6.45, 7) is -1.04. The van der Waals surface area contributed by atoms with Crippen LogP contribution in [0.15, 0.2) is 41.4 Å². The van der Waals surface area contributed by atoms with E-state index in [9.17, 15) is 8.78 Å². The molecule has 1 aliphatic heterocycles. The molecule has 2 aromatic rings. The molecule has 0 amide bonds. The zero-order valence-corrected chi connectivity index (χ0v) is 16.5. The third-order valence-electron chi connectivity index (χ3n) is 4.59. The lowest BCUT2D eigenvalue weighted by atomic mass is 10.1. The largest absolute Gasteiger partial charge is 0.493 e.